The van der Waals surface area contributed by atoms with Gasteiger partial charge in [0.1, 0.15) is 22.9 Å². The van der Waals surface area contributed by atoms with E-state index in [1.54, 1.807) is 19.4 Å². The highest BCUT2D eigenvalue weighted by atomic mass is 35.5. The Morgan fingerprint density at radius 3 is 2.93 bits per heavy atom. The summed E-state index contributed by atoms with van der Waals surface area (Å²) in [6, 6.07) is 1.72. The Morgan fingerprint density at radius 1 is 1.41 bits per heavy atom. The Kier molecular flexibility index (Phi) is 4.14. The van der Waals surface area contributed by atoms with Gasteiger partial charge in [0.15, 0.2) is 11.4 Å². The van der Waals surface area contributed by atoms with Crippen LogP contribution in [0.2, 0.25) is 5.15 Å². The molecule has 5 atom stereocenters. The molecule has 3 fully saturated rings. The first-order chi connectivity index (χ1) is 13.8. The maximum absolute atomic E-state index is 12.8. The number of hydrogen-bond donors (Lipinski definition) is 2. The minimum Gasteiger partial charge on any atom is -0.383 e. The average Bonchev–Trinajstić information content (AvgIpc) is 3.00. The van der Waals surface area contributed by atoms with Crippen molar-refractivity contribution in [3.8, 4) is 0 Å². The molecule has 9 heteroatoms. The standard InChI is InChI=1S/C20H26ClN5O3/c1-5-6-23-11-7-12(21)25-17-13(11)24-9-26(17)14-10-8-20(10,18(27)22-4)16-15(14)28-19(2,3)29-16/h7,9-10,14-16H,5-6,8H2,1-4H3,(H,22,27)(H,23,25)/t10-,14-,15+,16+,20+/m1/s1. The molecule has 2 aromatic heterocycles. The average molecular weight is 420 g/mol. The van der Waals surface area contributed by atoms with Crippen molar-refractivity contribution in [3.63, 3.8) is 0 Å². The lowest BCUT2D eigenvalue weighted by molar-refractivity contribution is -0.164. The highest BCUT2D eigenvalue weighted by Gasteiger charge is 2.79. The summed E-state index contributed by atoms with van der Waals surface area (Å²) >= 11 is 6.33. The molecule has 29 heavy (non-hydrogen) atoms. The summed E-state index contributed by atoms with van der Waals surface area (Å²) in [6.45, 7) is 6.72. The van der Waals surface area contributed by atoms with E-state index in [4.69, 9.17) is 21.1 Å². The molecule has 0 aromatic carbocycles. The molecule has 1 aliphatic heterocycles. The van der Waals surface area contributed by atoms with E-state index >= 15 is 0 Å². The molecule has 156 valence electrons. The zero-order chi connectivity index (χ0) is 20.6. The number of carbonyl (C=O) groups excluding carboxylic acids is 1. The van der Waals surface area contributed by atoms with Crippen LogP contribution in [0.3, 0.4) is 0 Å². The number of nitrogens with zero attached hydrogens (tertiary/aromatic N) is 3. The number of fused-ring (bicyclic) bond motifs is 4. The van der Waals surface area contributed by atoms with Crippen LogP contribution in [0.5, 0.6) is 0 Å². The molecule has 2 aliphatic carbocycles. The number of pyridine rings is 1. The second-order valence-corrected chi connectivity index (χ2v) is 9.07. The Labute approximate surface area is 174 Å². The van der Waals surface area contributed by atoms with Gasteiger partial charge in [0.25, 0.3) is 0 Å². The molecule has 1 amide bonds. The number of rotatable bonds is 5. The first-order valence-electron chi connectivity index (χ1n) is 10.2. The molecule has 5 rings (SSSR count). The van der Waals surface area contributed by atoms with E-state index in [-0.39, 0.29) is 30.1 Å². The minimum atomic E-state index is -0.739. The van der Waals surface area contributed by atoms with Crippen LogP contribution >= 0.6 is 11.6 Å². The fraction of sp³-hybridized carbons (Fsp3) is 0.650. The van der Waals surface area contributed by atoms with E-state index in [0.717, 1.165) is 30.6 Å². The Hall–Kier alpha value is -1.90. The molecule has 1 saturated heterocycles. The van der Waals surface area contributed by atoms with Crippen LogP contribution in [0, 0.1) is 11.3 Å². The number of halogens is 1. The van der Waals surface area contributed by atoms with E-state index in [1.807, 2.05) is 18.4 Å². The number of aromatic nitrogens is 3. The van der Waals surface area contributed by atoms with Gasteiger partial charge in [-0.05, 0) is 26.7 Å². The fourth-order valence-electron chi connectivity index (χ4n) is 5.29. The van der Waals surface area contributed by atoms with Crippen molar-refractivity contribution in [2.75, 3.05) is 18.9 Å². The largest absolute Gasteiger partial charge is 0.383 e. The summed E-state index contributed by atoms with van der Waals surface area (Å²) < 4.78 is 14.5. The van der Waals surface area contributed by atoms with Gasteiger partial charge in [0.05, 0.1) is 23.5 Å². The van der Waals surface area contributed by atoms with Gasteiger partial charge in [-0.3, -0.25) is 4.79 Å². The minimum absolute atomic E-state index is 0.0158. The van der Waals surface area contributed by atoms with Crippen LogP contribution < -0.4 is 10.6 Å². The Bertz CT molecular complexity index is 992. The van der Waals surface area contributed by atoms with E-state index in [1.165, 1.54) is 0 Å². The number of anilines is 1. The van der Waals surface area contributed by atoms with Crippen LogP contribution in [0.15, 0.2) is 12.4 Å². The summed E-state index contributed by atoms with van der Waals surface area (Å²) in [5, 5.41) is 6.61. The zero-order valence-electron chi connectivity index (χ0n) is 17.0. The molecular weight excluding hydrogens is 394 g/mol. The van der Waals surface area contributed by atoms with Crippen molar-refractivity contribution < 1.29 is 14.3 Å². The van der Waals surface area contributed by atoms with Crippen molar-refractivity contribution in [3.05, 3.63) is 17.5 Å². The highest BCUT2D eigenvalue weighted by molar-refractivity contribution is 6.30. The van der Waals surface area contributed by atoms with Gasteiger partial charge in [-0.1, -0.05) is 18.5 Å². The summed E-state index contributed by atoms with van der Waals surface area (Å²) in [7, 11) is 1.68. The van der Waals surface area contributed by atoms with Crippen molar-refractivity contribution >= 4 is 34.4 Å². The van der Waals surface area contributed by atoms with Gasteiger partial charge in [-0.2, -0.15) is 0 Å². The SMILES string of the molecule is CCCNc1cc(Cl)nc2c1ncn2[C@H]1[C@@H]2OC(C)(C)O[C@@H]2[C@]2(C(=O)NC)C[C@H]12. The van der Waals surface area contributed by atoms with Gasteiger partial charge in [-0.15, -0.1) is 0 Å². The molecular formula is C20H26ClN5O3. The molecule has 3 aliphatic rings. The number of hydrogen-bond acceptors (Lipinski definition) is 6. The normalized spacial score (nSPS) is 34.1. The first-order valence-corrected chi connectivity index (χ1v) is 10.5. The number of ether oxygens (including phenoxy) is 2. The molecule has 0 bridgehead atoms. The molecule has 2 N–H and O–H groups in total. The summed E-state index contributed by atoms with van der Waals surface area (Å²) in [5.41, 5.74) is 1.78. The molecule has 2 aromatic rings. The highest BCUT2D eigenvalue weighted by Crippen LogP contribution is 2.71. The van der Waals surface area contributed by atoms with Crippen molar-refractivity contribution in [1.29, 1.82) is 0 Å². The number of imidazole rings is 1. The van der Waals surface area contributed by atoms with E-state index < -0.39 is 11.2 Å². The summed E-state index contributed by atoms with van der Waals surface area (Å²) in [4.78, 5) is 22.0. The quantitative estimate of drug-likeness (QED) is 0.724. The van der Waals surface area contributed by atoms with E-state index in [0.29, 0.717) is 10.8 Å². The number of amides is 1. The third-order valence-corrected chi connectivity index (χ3v) is 6.67. The smallest absolute Gasteiger partial charge is 0.229 e. The molecule has 0 unspecified atom stereocenters. The van der Waals surface area contributed by atoms with Crippen molar-refractivity contribution in [2.24, 2.45) is 11.3 Å². The van der Waals surface area contributed by atoms with Crippen LogP contribution in [0.25, 0.3) is 11.2 Å². The maximum atomic E-state index is 12.8. The van der Waals surface area contributed by atoms with Crippen LogP contribution in [0.1, 0.15) is 39.7 Å². The van der Waals surface area contributed by atoms with Gasteiger partial charge in [0, 0.05) is 25.6 Å². The van der Waals surface area contributed by atoms with Crippen molar-refractivity contribution in [2.45, 2.75) is 57.6 Å². The second kappa shape index (κ2) is 6.30. The molecule has 3 heterocycles. The topological polar surface area (TPSA) is 90.3 Å². The summed E-state index contributed by atoms with van der Waals surface area (Å²) in [6.07, 6.45) is 3.01. The lowest BCUT2D eigenvalue weighted by Gasteiger charge is -2.24. The zero-order valence-corrected chi connectivity index (χ0v) is 17.8. The first kappa shape index (κ1) is 19.1. The van der Waals surface area contributed by atoms with Gasteiger partial charge >= 0.3 is 0 Å². The third-order valence-electron chi connectivity index (χ3n) is 6.48. The van der Waals surface area contributed by atoms with Crippen molar-refractivity contribution in [1.82, 2.24) is 19.9 Å². The van der Waals surface area contributed by atoms with Gasteiger partial charge in [0.2, 0.25) is 5.91 Å². The van der Waals surface area contributed by atoms with Crippen LogP contribution in [0.4, 0.5) is 5.69 Å². The Morgan fingerprint density at radius 2 is 2.21 bits per heavy atom. The number of nitrogens with one attached hydrogen (secondary N) is 2. The molecule has 2 saturated carbocycles. The predicted molar refractivity (Wildman–Crippen MR) is 109 cm³/mol. The second-order valence-electron chi connectivity index (χ2n) is 8.68. The van der Waals surface area contributed by atoms with Crippen LogP contribution in [-0.2, 0) is 14.3 Å². The summed E-state index contributed by atoms with van der Waals surface area (Å²) in [5.74, 6) is -0.613. The number of carbonyl (C=O) groups is 1. The van der Waals surface area contributed by atoms with Gasteiger partial charge in [-0.25, -0.2) is 9.97 Å². The van der Waals surface area contributed by atoms with Gasteiger partial charge < -0.3 is 24.7 Å². The molecule has 8 nitrogen and oxygen atoms in total. The molecule has 0 spiro atoms. The monoisotopic (exact) mass is 419 g/mol. The van der Waals surface area contributed by atoms with E-state index in [2.05, 4.69) is 27.5 Å². The fourth-order valence-corrected chi connectivity index (χ4v) is 5.48. The maximum Gasteiger partial charge on any atom is 0.229 e. The lowest BCUT2D eigenvalue weighted by atomic mass is 9.98. The lowest BCUT2D eigenvalue weighted by Crippen LogP contribution is -2.40. The predicted octanol–water partition coefficient (Wildman–Crippen LogP) is 2.73. The van der Waals surface area contributed by atoms with Crippen LogP contribution in [-0.4, -0.2) is 52.0 Å². The Balaban J connectivity index is 1.60. The molecule has 0 radical (unpaired) electrons. The third kappa shape index (κ3) is 2.62. The van der Waals surface area contributed by atoms with E-state index in [9.17, 15) is 4.79 Å².